The molecule has 2 bridgehead atoms. The second-order valence-corrected chi connectivity index (χ2v) is 5.23. The third-order valence-corrected chi connectivity index (χ3v) is 4.05. The first-order chi connectivity index (χ1) is 9.22. The van der Waals surface area contributed by atoms with Crippen LogP contribution in [0.2, 0.25) is 0 Å². The van der Waals surface area contributed by atoms with Crippen molar-refractivity contribution in [3.8, 4) is 0 Å². The average Bonchev–Trinajstić information content (AvgIpc) is 2.95. The molecule has 4 atom stereocenters. The summed E-state index contributed by atoms with van der Waals surface area (Å²) in [5, 5.41) is 17.5. The number of hydrogen-bond acceptors (Lipinski definition) is 4. The summed E-state index contributed by atoms with van der Waals surface area (Å²) in [4.78, 5) is 10.3. The van der Waals surface area contributed by atoms with Crippen LogP contribution < -0.4 is 0 Å². The van der Waals surface area contributed by atoms with Crippen LogP contribution in [0.3, 0.4) is 0 Å². The van der Waals surface area contributed by atoms with Crippen LogP contribution in [0.1, 0.15) is 25.7 Å². The second-order valence-electron chi connectivity index (χ2n) is 5.23. The van der Waals surface area contributed by atoms with Crippen molar-refractivity contribution in [2.24, 2.45) is 11.8 Å². The van der Waals surface area contributed by atoms with Crippen LogP contribution in [-0.4, -0.2) is 48.2 Å². The van der Waals surface area contributed by atoms with Gasteiger partial charge in [0.1, 0.15) is 0 Å². The normalized spacial score (nSPS) is 33.3. The molecule has 0 radical (unpaired) electrons. The first-order valence-corrected chi connectivity index (χ1v) is 6.96. The van der Waals surface area contributed by atoms with Gasteiger partial charge >= 0.3 is 5.97 Å². The van der Waals surface area contributed by atoms with Gasteiger partial charge in [-0.25, -0.2) is 4.79 Å². The molecule has 2 rings (SSSR count). The van der Waals surface area contributed by atoms with Crippen molar-refractivity contribution in [3.63, 3.8) is 0 Å². The number of carboxylic acid groups (broad SMARTS) is 1. The minimum absolute atomic E-state index is 0.203. The van der Waals surface area contributed by atoms with E-state index in [2.05, 4.69) is 0 Å². The Bertz CT molecular complexity index is 328. The molecule has 5 nitrogen and oxygen atoms in total. The third kappa shape index (κ3) is 3.78. The number of aliphatic hydroxyl groups excluding tert-OH is 1. The molecule has 0 aromatic heterocycles. The van der Waals surface area contributed by atoms with E-state index in [9.17, 15) is 4.79 Å². The summed E-state index contributed by atoms with van der Waals surface area (Å²) < 4.78 is 11.5. The minimum atomic E-state index is -0.926. The maximum atomic E-state index is 10.3. The van der Waals surface area contributed by atoms with Gasteiger partial charge < -0.3 is 19.7 Å². The number of ether oxygens (including phenoxy) is 2. The first-order valence-electron chi connectivity index (χ1n) is 6.96. The highest BCUT2D eigenvalue weighted by molar-refractivity contribution is 5.79. The van der Waals surface area contributed by atoms with E-state index in [1.807, 2.05) is 0 Å². The Hall–Kier alpha value is -0.910. The molecule has 0 amide bonds. The van der Waals surface area contributed by atoms with Crippen LogP contribution in [0, 0.1) is 11.8 Å². The van der Waals surface area contributed by atoms with Gasteiger partial charge in [0.15, 0.2) is 0 Å². The molecule has 108 valence electrons. The fourth-order valence-corrected chi connectivity index (χ4v) is 3.21. The molecule has 2 N–H and O–H groups in total. The number of hydrogen-bond donors (Lipinski definition) is 2. The summed E-state index contributed by atoms with van der Waals surface area (Å²) in [5.41, 5.74) is 0. The van der Waals surface area contributed by atoms with Crippen LogP contribution in [-0.2, 0) is 14.3 Å². The monoisotopic (exact) mass is 270 g/mol. The highest BCUT2D eigenvalue weighted by atomic mass is 16.5. The van der Waals surface area contributed by atoms with Crippen molar-refractivity contribution in [2.45, 2.75) is 37.9 Å². The van der Waals surface area contributed by atoms with E-state index in [0.717, 1.165) is 25.3 Å². The zero-order valence-corrected chi connectivity index (χ0v) is 11.0. The lowest BCUT2D eigenvalue weighted by Crippen LogP contribution is -2.31. The van der Waals surface area contributed by atoms with Gasteiger partial charge in [-0.1, -0.05) is 6.08 Å². The van der Waals surface area contributed by atoms with Gasteiger partial charge in [0.05, 0.1) is 25.4 Å². The second kappa shape index (κ2) is 7.03. The number of carboxylic acids is 1. The number of fused-ring (bicyclic) bond motifs is 2. The molecule has 0 unspecified atom stereocenters. The summed E-state index contributed by atoms with van der Waals surface area (Å²) in [5.74, 6) is -0.128. The quantitative estimate of drug-likeness (QED) is 0.512. The molecule has 19 heavy (non-hydrogen) atoms. The third-order valence-electron chi connectivity index (χ3n) is 4.05. The van der Waals surface area contributed by atoms with Gasteiger partial charge in [-0.2, -0.15) is 0 Å². The smallest absolute Gasteiger partial charge is 0.327 e. The number of carbonyl (C=O) groups is 1. The van der Waals surface area contributed by atoms with E-state index in [0.29, 0.717) is 37.6 Å². The lowest BCUT2D eigenvalue weighted by molar-refractivity contribution is -0.131. The van der Waals surface area contributed by atoms with E-state index < -0.39 is 5.97 Å². The molecule has 2 saturated heterocycles. The van der Waals surface area contributed by atoms with Gasteiger partial charge in [0.25, 0.3) is 0 Å². The summed E-state index contributed by atoms with van der Waals surface area (Å²) in [7, 11) is 0. The molecule has 0 aromatic rings. The van der Waals surface area contributed by atoms with E-state index in [1.165, 1.54) is 0 Å². The molecular weight excluding hydrogens is 248 g/mol. The maximum absolute atomic E-state index is 10.3. The molecule has 2 aliphatic rings. The Balaban J connectivity index is 1.68. The van der Waals surface area contributed by atoms with Gasteiger partial charge in [-0.05, 0) is 31.6 Å². The van der Waals surface area contributed by atoms with Crippen molar-refractivity contribution >= 4 is 5.97 Å². The topological polar surface area (TPSA) is 76.0 Å². The summed E-state index contributed by atoms with van der Waals surface area (Å²) in [6.07, 6.45) is 6.93. The van der Waals surface area contributed by atoms with E-state index in [1.54, 1.807) is 6.08 Å². The lowest BCUT2D eigenvalue weighted by Gasteiger charge is -2.27. The Labute approximate surface area is 113 Å². The molecule has 2 heterocycles. The molecule has 0 spiro atoms. The summed E-state index contributed by atoms with van der Waals surface area (Å²) >= 11 is 0. The van der Waals surface area contributed by atoms with Crippen LogP contribution in [0.5, 0.6) is 0 Å². The van der Waals surface area contributed by atoms with Crippen LogP contribution >= 0.6 is 0 Å². The van der Waals surface area contributed by atoms with E-state index in [-0.39, 0.29) is 12.7 Å². The lowest BCUT2D eigenvalue weighted by atomic mass is 9.78. The fourth-order valence-electron chi connectivity index (χ4n) is 3.21. The Morgan fingerprint density at radius 2 is 2.05 bits per heavy atom. The summed E-state index contributed by atoms with van der Waals surface area (Å²) in [6.45, 7) is 1.38. The van der Waals surface area contributed by atoms with Crippen LogP contribution in [0.25, 0.3) is 0 Å². The van der Waals surface area contributed by atoms with Gasteiger partial charge in [-0.3, -0.25) is 0 Å². The van der Waals surface area contributed by atoms with E-state index >= 15 is 0 Å². The number of rotatable bonds is 8. The average molecular weight is 270 g/mol. The van der Waals surface area contributed by atoms with E-state index in [4.69, 9.17) is 19.7 Å². The largest absolute Gasteiger partial charge is 0.478 e. The molecule has 0 aliphatic carbocycles. The molecule has 5 heteroatoms. The highest BCUT2D eigenvalue weighted by Gasteiger charge is 2.48. The Kier molecular flexibility index (Phi) is 5.36. The predicted octanol–water partition coefficient (Wildman–Crippen LogP) is 1.21. The Morgan fingerprint density at radius 3 is 2.74 bits per heavy atom. The molecule has 2 aliphatic heterocycles. The predicted molar refractivity (Wildman–Crippen MR) is 68.8 cm³/mol. The number of aliphatic carboxylic acids is 1. The van der Waals surface area contributed by atoms with Crippen molar-refractivity contribution in [3.05, 3.63) is 12.2 Å². The van der Waals surface area contributed by atoms with Crippen LogP contribution in [0.15, 0.2) is 12.2 Å². The standard InChI is InChI=1S/C14H22O5/c15-7-6-10-11(13-5-4-12(10)19-13)9-18-8-2-1-3-14(16)17/h1,3,10-13,15H,2,4-9H2,(H,16,17)/t10-,11+,12-,13+/m0/s1. The molecule has 0 aromatic carbocycles. The highest BCUT2D eigenvalue weighted by Crippen LogP contribution is 2.44. The summed E-state index contributed by atoms with van der Waals surface area (Å²) in [6, 6.07) is 0. The van der Waals surface area contributed by atoms with Crippen molar-refractivity contribution in [2.75, 3.05) is 19.8 Å². The molecular formula is C14H22O5. The first kappa shape index (κ1) is 14.5. The Morgan fingerprint density at radius 1 is 1.32 bits per heavy atom. The number of aliphatic hydroxyl groups is 1. The zero-order chi connectivity index (χ0) is 13.7. The maximum Gasteiger partial charge on any atom is 0.327 e. The van der Waals surface area contributed by atoms with Gasteiger partial charge in [0, 0.05) is 18.6 Å². The van der Waals surface area contributed by atoms with Gasteiger partial charge in [0.2, 0.25) is 0 Å². The van der Waals surface area contributed by atoms with Crippen LogP contribution in [0.4, 0.5) is 0 Å². The van der Waals surface area contributed by atoms with Crippen molar-refractivity contribution in [1.82, 2.24) is 0 Å². The van der Waals surface area contributed by atoms with Crippen molar-refractivity contribution in [1.29, 1.82) is 0 Å². The fraction of sp³-hybridized carbons (Fsp3) is 0.786. The SMILES string of the molecule is O=C(O)C=CCCOC[C@@H]1[C@H](CCO)[C@@H]2CC[C@H]1O2. The molecule has 2 fully saturated rings. The van der Waals surface area contributed by atoms with Gasteiger partial charge in [-0.15, -0.1) is 0 Å². The minimum Gasteiger partial charge on any atom is -0.478 e. The van der Waals surface area contributed by atoms with Crippen molar-refractivity contribution < 1.29 is 24.5 Å². The zero-order valence-electron chi connectivity index (χ0n) is 11.0. The molecule has 0 saturated carbocycles.